The number of aromatic nitrogens is 3. The first-order chi connectivity index (χ1) is 19.8. The van der Waals surface area contributed by atoms with Crippen LogP contribution in [0.2, 0.25) is 0 Å². The number of unbranched alkanes of at least 4 members (excludes halogenated alkanes) is 2. The second-order valence-electron chi connectivity index (χ2n) is 10.0. The Bertz CT molecular complexity index is 1330. The first-order valence-corrected chi connectivity index (χ1v) is 14.6. The summed E-state index contributed by atoms with van der Waals surface area (Å²) in [6.45, 7) is 3.09. The van der Waals surface area contributed by atoms with Crippen molar-refractivity contribution in [2.75, 3.05) is 42.1 Å². The Morgan fingerprint density at radius 1 is 1.15 bits per heavy atom. The van der Waals surface area contributed by atoms with Gasteiger partial charge in [-0.1, -0.05) is 17.4 Å². The van der Waals surface area contributed by atoms with Crippen molar-refractivity contribution in [3.8, 4) is 10.6 Å². The highest BCUT2D eigenvalue weighted by molar-refractivity contribution is 7.19. The number of hydrogen-bond acceptors (Lipinski definition) is 9. The summed E-state index contributed by atoms with van der Waals surface area (Å²) in [6.07, 6.45) is 8.80. The fraction of sp³-hybridized carbons (Fsp3) is 0.464. The standard InChI is InChI=1S/C28H35F2N7O3S/c1-35-28(37-14-7-8-19(11-15-37)36(12-2-4-16-38)13-3-5-17-39)22(18-32-35)33-26(40)24-25(31)41-27(34-24)23-20(29)9-6-10-21(23)30/h6,9-10,16-19H,2-5,7-8,11-15,31H2,1H3,(H,33,40)/t19-/m0/s1. The number of aryl methyl sites for hydroxylation is 1. The van der Waals surface area contributed by atoms with Crippen LogP contribution >= 0.6 is 11.3 Å². The molecule has 0 radical (unpaired) electrons. The molecule has 1 aliphatic heterocycles. The van der Waals surface area contributed by atoms with Gasteiger partial charge in [-0.3, -0.25) is 9.48 Å². The number of nitrogens with zero attached hydrogens (tertiary/aromatic N) is 5. The van der Waals surface area contributed by atoms with Gasteiger partial charge in [0.05, 0.1) is 11.8 Å². The lowest BCUT2D eigenvalue weighted by Gasteiger charge is -2.31. The van der Waals surface area contributed by atoms with Gasteiger partial charge in [0, 0.05) is 39.0 Å². The number of anilines is 3. The van der Waals surface area contributed by atoms with Gasteiger partial charge in [-0.25, -0.2) is 13.8 Å². The summed E-state index contributed by atoms with van der Waals surface area (Å²) in [5.41, 5.74) is 6.09. The van der Waals surface area contributed by atoms with Crippen molar-refractivity contribution in [2.24, 2.45) is 7.05 Å². The van der Waals surface area contributed by atoms with Crippen molar-refractivity contribution < 1.29 is 23.2 Å². The van der Waals surface area contributed by atoms with E-state index in [-0.39, 0.29) is 21.3 Å². The van der Waals surface area contributed by atoms with Gasteiger partial charge in [0.1, 0.15) is 39.9 Å². The zero-order chi connectivity index (χ0) is 29.4. The fourth-order valence-electron chi connectivity index (χ4n) is 5.27. The molecule has 1 fully saturated rings. The van der Waals surface area contributed by atoms with Crippen LogP contribution in [0.15, 0.2) is 24.4 Å². The molecule has 0 saturated carbocycles. The highest BCUT2D eigenvalue weighted by atomic mass is 32.1. The topological polar surface area (TPSA) is 126 Å². The Hall–Kier alpha value is -3.71. The zero-order valence-electron chi connectivity index (χ0n) is 23.0. The quantitative estimate of drug-likeness (QED) is 0.224. The highest BCUT2D eigenvalue weighted by Crippen LogP contribution is 2.35. The molecule has 1 aliphatic rings. The zero-order valence-corrected chi connectivity index (χ0v) is 23.8. The highest BCUT2D eigenvalue weighted by Gasteiger charge is 2.27. The SMILES string of the molecule is Cn1ncc(NC(=O)c2nc(-c3c(F)cccc3F)sc2N)c1N1CCC[C@H](N(CCCC=O)CCCC=O)CC1. The van der Waals surface area contributed by atoms with E-state index in [1.54, 1.807) is 17.9 Å². The predicted octanol–water partition coefficient (Wildman–Crippen LogP) is 4.28. The van der Waals surface area contributed by atoms with E-state index in [1.165, 1.54) is 6.07 Å². The summed E-state index contributed by atoms with van der Waals surface area (Å²) in [5.74, 6) is -1.43. The van der Waals surface area contributed by atoms with Gasteiger partial charge in [-0.2, -0.15) is 5.10 Å². The minimum Gasteiger partial charge on any atom is -0.389 e. The molecule has 1 saturated heterocycles. The molecule has 1 aromatic carbocycles. The third-order valence-corrected chi connectivity index (χ3v) is 8.15. The van der Waals surface area contributed by atoms with Crippen molar-refractivity contribution in [3.63, 3.8) is 0 Å². The van der Waals surface area contributed by atoms with Crippen LogP contribution in [0, 0.1) is 11.6 Å². The first-order valence-electron chi connectivity index (χ1n) is 13.7. The summed E-state index contributed by atoms with van der Waals surface area (Å²) >= 11 is 0.843. The number of thiazole rings is 1. The molecule has 1 amide bonds. The lowest BCUT2D eigenvalue weighted by Crippen LogP contribution is -2.38. The number of amides is 1. The van der Waals surface area contributed by atoms with Crippen molar-refractivity contribution in [1.82, 2.24) is 19.7 Å². The average Bonchev–Trinajstić information content (AvgIpc) is 3.40. The molecule has 3 aromatic rings. The van der Waals surface area contributed by atoms with Crippen molar-refractivity contribution in [3.05, 3.63) is 41.7 Å². The number of carbonyl (C=O) groups is 3. The van der Waals surface area contributed by atoms with Crippen molar-refractivity contribution in [1.29, 1.82) is 0 Å². The number of hydrogen-bond donors (Lipinski definition) is 2. The van der Waals surface area contributed by atoms with Gasteiger partial charge in [0.15, 0.2) is 11.5 Å². The normalized spacial score (nSPS) is 15.6. The summed E-state index contributed by atoms with van der Waals surface area (Å²) < 4.78 is 30.3. The molecule has 10 nitrogen and oxygen atoms in total. The second kappa shape index (κ2) is 14.3. The lowest BCUT2D eigenvalue weighted by molar-refractivity contribution is -0.108. The van der Waals surface area contributed by atoms with Gasteiger partial charge < -0.3 is 30.4 Å². The van der Waals surface area contributed by atoms with E-state index in [0.717, 1.165) is 100 Å². The monoisotopic (exact) mass is 587 g/mol. The van der Waals surface area contributed by atoms with Crippen LogP contribution in [0.1, 0.15) is 55.4 Å². The van der Waals surface area contributed by atoms with Crippen LogP contribution in [0.5, 0.6) is 0 Å². The van der Waals surface area contributed by atoms with Gasteiger partial charge in [-0.05, 0) is 57.3 Å². The average molecular weight is 588 g/mol. The molecule has 13 heteroatoms. The molecule has 2 aromatic heterocycles. The largest absolute Gasteiger partial charge is 0.389 e. The summed E-state index contributed by atoms with van der Waals surface area (Å²) in [5, 5.41) is 7.23. The summed E-state index contributed by atoms with van der Waals surface area (Å²) in [4.78, 5) is 43.6. The molecule has 0 bridgehead atoms. The minimum atomic E-state index is -0.786. The van der Waals surface area contributed by atoms with Gasteiger partial charge >= 0.3 is 0 Å². The minimum absolute atomic E-state index is 0.0148. The Morgan fingerprint density at radius 3 is 2.49 bits per heavy atom. The van der Waals surface area contributed by atoms with Crippen LogP contribution in [0.25, 0.3) is 10.6 Å². The smallest absolute Gasteiger partial charge is 0.277 e. The lowest BCUT2D eigenvalue weighted by atomic mass is 10.1. The van der Waals surface area contributed by atoms with E-state index >= 15 is 0 Å². The van der Waals surface area contributed by atoms with Crippen LogP contribution in [0.3, 0.4) is 0 Å². The second-order valence-corrected chi connectivity index (χ2v) is 11.0. The van der Waals surface area contributed by atoms with Crippen molar-refractivity contribution >= 4 is 46.3 Å². The van der Waals surface area contributed by atoms with E-state index in [4.69, 9.17) is 5.73 Å². The number of nitrogens with two attached hydrogens (primary N) is 1. The van der Waals surface area contributed by atoms with E-state index in [9.17, 15) is 23.2 Å². The molecule has 41 heavy (non-hydrogen) atoms. The Morgan fingerprint density at radius 2 is 1.83 bits per heavy atom. The fourth-order valence-corrected chi connectivity index (χ4v) is 6.14. The van der Waals surface area contributed by atoms with Gasteiger partial charge in [0.2, 0.25) is 0 Å². The molecule has 3 N–H and O–H groups in total. The van der Waals surface area contributed by atoms with E-state index < -0.39 is 17.5 Å². The maximum atomic E-state index is 14.3. The maximum Gasteiger partial charge on any atom is 0.277 e. The molecule has 4 rings (SSSR count). The van der Waals surface area contributed by atoms with Crippen LogP contribution in [-0.4, -0.2) is 70.4 Å². The third kappa shape index (κ3) is 7.33. The summed E-state index contributed by atoms with van der Waals surface area (Å²) in [6, 6.07) is 3.82. The van der Waals surface area contributed by atoms with E-state index in [1.807, 2.05) is 0 Å². The van der Waals surface area contributed by atoms with Crippen LogP contribution < -0.4 is 16.0 Å². The summed E-state index contributed by atoms with van der Waals surface area (Å²) in [7, 11) is 1.80. The number of rotatable bonds is 13. The van der Waals surface area contributed by atoms with Gasteiger partial charge in [0.25, 0.3) is 5.91 Å². The number of aldehydes is 2. The molecule has 0 aliphatic carbocycles. The molecular weight excluding hydrogens is 552 g/mol. The molecular formula is C28H35F2N7O3S. The Balaban J connectivity index is 1.47. The Labute approximate surface area is 241 Å². The third-order valence-electron chi connectivity index (χ3n) is 7.25. The van der Waals surface area contributed by atoms with Crippen LogP contribution in [0.4, 0.5) is 25.3 Å². The Kier molecular flexibility index (Phi) is 10.5. The molecule has 0 spiro atoms. The first kappa shape index (κ1) is 30.3. The predicted molar refractivity (Wildman–Crippen MR) is 155 cm³/mol. The number of nitrogens with one attached hydrogen (secondary N) is 1. The van der Waals surface area contributed by atoms with E-state index in [0.29, 0.717) is 24.6 Å². The number of carbonyl (C=O) groups excluding carboxylic acids is 3. The number of benzene rings is 1. The van der Waals surface area contributed by atoms with E-state index in [2.05, 4.69) is 25.2 Å². The number of halogens is 2. The molecule has 3 heterocycles. The number of nitrogen functional groups attached to an aromatic ring is 1. The van der Waals surface area contributed by atoms with Crippen molar-refractivity contribution in [2.45, 2.75) is 51.0 Å². The van der Waals surface area contributed by atoms with Crippen LogP contribution in [-0.2, 0) is 16.6 Å². The molecule has 1 atom stereocenters. The maximum absolute atomic E-state index is 14.3. The molecule has 220 valence electrons. The molecule has 0 unspecified atom stereocenters. The van der Waals surface area contributed by atoms with Gasteiger partial charge in [-0.15, -0.1) is 0 Å².